The third-order valence-corrected chi connectivity index (χ3v) is 4.94. The predicted octanol–water partition coefficient (Wildman–Crippen LogP) is 4.89. The second kappa shape index (κ2) is 8.74. The van der Waals surface area contributed by atoms with Gasteiger partial charge in [0, 0.05) is 0 Å². The third-order valence-electron chi connectivity index (χ3n) is 3.41. The van der Waals surface area contributed by atoms with Crippen molar-refractivity contribution in [2.75, 3.05) is 0 Å². The van der Waals surface area contributed by atoms with E-state index in [2.05, 4.69) is 29.5 Å². The van der Waals surface area contributed by atoms with Crippen molar-refractivity contribution in [3.8, 4) is 5.75 Å². The molecule has 0 bridgehead atoms. The number of nitrogens with zero attached hydrogens (tertiary/aromatic N) is 1. The van der Waals surface area contributed by atoms with Crippen molar-refractivity contribution in [1.29, 1.82) is 0 Å². The van der Waals surface area contributed by atoms with Crippen LogP contribution in [0.2, 0.25) is 0 Å². The van der Waals surface area contributed by atoms with E-state index in [0.29, 0.717) is 0 Å². The molecule has 0 N–H and O–H groups in total. The van der Waals surface area contributed by atoms with Gasteiger partial charge in [-0.25, -0.2) is 0 Å². The van der Waals surface area contributed by atoms with Gasteiger partial charge in [0.15, 0.2) is 0 Å². The molecule has 0 aliphatic carbocycles. The van der Waals surface area contributed by atoms with E-state index in [0.717, 1.165) is 30.7 Å². The monoisotopic (exact) mass is 337 g/mol. The van der Waals surface area contributed by atoms with E-state index in [9.17, 15) is 4.55 Å². The molecule has 0 aliphatic rings. The average molecular weight is 338 g/mol. The van der Waals surface area contributed by atoms with Crippen LogP contribution >= 0.6 is 0 Å². The Morgan fingerprint density at radius 1 is 1.30 bits per heavy atom. The number of benzene rings is 1. The Morgan fingerprint density at radius 3 is 2.48 bits per heavy atom. The quantitative estimate of drug-likeness (QED) is 0.525. The molecular formula is C19H31NO2S. The van der Waals surface area contributed by atoms with Gasteiger partial charge in [-0.3, -0.25) is 0 Å². The van der Waals surface area contributed by atoms with Gasteiger partial charge in [-0.15, -0.1) is 0 Å². The molecule has 0 aliphatic heterocycles. The maximum Gasteiger partial charge on any atom is 0.144 e. The van der Waals surface area contributed by atoms with Crippen LogP contribution in [0.1, 0.15) is 66.0 Å². The summed E-state index contributed by atoms with van der Waals surface area (Å²) in [6, 6.07) is 6.43. The van der Waals surface area contributed by atoms with Crippen LogP contribution in [0.5, 0.6) is 5.75 Å². The molecule has 1 aromatic carbocycles. The van der Waals surface area contributed by atoms with Gasteiger partial charge in [0.1, 0.15) is 21.9 Å². The van der Waals surface area contributed by atoms with Gasteiger partial charge in [0.2, 0.25) is 0 Å². The maximum atomic E-state index is 12.0. The SMILES string of the molecule is CCc1ccc(CC/C(C)=N/[S+]([O-])C(C)(C)C)cc1OC(C)C. The highest BCUT2D eigenvalue weighted by molar-refractivity contribution is 7.91. The van der Waals surface area contributed by atoms with Crippen molar-refractivity contribution in [1.82, 2.24) is 0 Å². The Balaban J connectivity index is 2.76. The molecule has 1 atom stereocenters. The Labute approximate surface area is 144 Å². The Hall–Kier alpha value is -1.00. The van der Waals surface area contributed by atoms with E-state index in [1.54, 1.807) is 0 Å². The molecule has 0 radical (unpaired) electrons. The lowest BCUT2D eigenvalue weighted by Gasteiger charge is -2.19. The van der Waals surface area contributed by atoms with Gasteiger partial charge in [-0.1, -0.05) is 23.5 Å². The highest BCUT2D eigenvalue weighted by atomic mass is 32.2. The van der Waals surface area contributed by atoms with Gasteiger partial charge in [-0.2, -0.15) is 0 Å². The third kappa shape index (κ3) is 6.96. The first kappa shape index (κ1) is 20.0. The average Bonchev–Trinajstić information content (AvgIpc) is 2.43. The lowest BCUT2D eigenvalue weighted by atomic mass is 10.0. The highest BCUT2D eigenvalue weighted by Crippen LogP contribution is 2.23. The molecule has 0 aromatic heterocycles. The molecular weight excluding hydrogens is 306 g/mol. The van der Waals surface area contributed by atoms with Gasteiger partial charge in [0.05, 0.1) is 11.8 Å². The van der Waals surface area contributed by atoms with Crippen LogP contribution in [-0.4, -0.2) is 21.1 Å². The summed E-state index contributed by atoms with van der Waals surface area (Å²) >= 11 is -1.18. The van der Waals surface area contributed by atoms with E-state index in [1.807, 2.05) is 41.5 Å². The summed E-state index contributed by atoms with van der Waals surface area (Å²) in [5, 5.41) is 0. The Morgan fingerprint density at radius 2 is 1.96 bits per heavy atom. The van der Waals surface area contributed by atoms with Gasteiger partial charge in [-0.05, 0) is 78.0 Å². The van der Waals surface area contributed by atoms with Crippen molar-refractivity contribution >= 4 is 17.1 Å². The summed E-state index contributed by atoms with van der Waals surface area (Å²) < 4.78 is 22.0. The standard InChI is InChI=1S/C19H31NO2S/c1-8-17-12-11-16(13-18(17)22-14(2)3)10-9-15(4)20-23(21)19(5,6)7/h11-14H,8-10H2,1-7H3/b20-15+. The Kier molecular flexibility index (Phi) is 7.62. The lowest BCUT2D eigenvalue weighted by Crippen LogP contribution is -2.26. The second-order valence-electron chi connectivity index (χ2n) is 7.15. The first-order valence-corrected chi connectivity index (χ1v) is 9.48. The number of hydrogen-bond acceptors (Lipinski definition) is 3. The molecule has 23 heavy (non-hydrogen) atoms. The van der Waals surface area contributed by atoms with E-state index < -0.39 is 11.4 Å². The fourth-order valence-electron chi connectivity index (χ4n) is 2.06. The minimum Gasteiger partial charge on any atom is -0.591 e. The lowest BCUT2D eigenvalue weighted by molar-refractivity contribution is 0.240. The zero-order valence-electron chi connectivity index (χ0n) is 15.6. The molecule has 1 rings (SSSR count). The minimum atomic E-state index is -1.18. The van der Waals surface area contributed by atoms with Crippen LogP contribution in [0.25, 0.3) is 0 Å². The van der Waals surface area contributed by atoms with Crippen LogP contribution in [0.3, 0.4) is 0 Å². The molecule has 130 valence electrons. The van der Waals surface area contributed by atoms with Crippen molar-refractivity contribution in [3.05, 3.63) is 29.3 Å². The Bertz CT molecular complexity index is 533. The summed E-state index contributed by atoms with van der Waals surface area (Å²) in [6.45, 7) is 14.0. The van der Waals surface area contributed by atoms with Crippen molar-refractivity contribution in [3.63, 3.8) is 0 Å². The first-order valence-electron chi connectivity index (χ1n) is 8.38. The molecule has 1 unspecified atom stereocenters. The van der Waals surface area contributed by atoms with Gasteiger partial charge >= 0.3 is 0 Å². The number of ether oxygens (including phenoxy) is 1. The second-order valence-corrected chi connectivity index (χ2v) is 9.06. The molecule has 1 aromatic rings. The van der Waals surface area contributed by atoms with Crippen LogP contribution < -0.4 is 4.74 Å². The molecule has 0 fully saturated rings. The van der Waals surface area contributed by atoms with Crippen molar-refractivity contribution in [2.24, 2.45) is 4.40 Å². The van der Waals surface area contributed by atoms with Gasteiger partial charge < -0.3 is 9.29 Å². The molecule has 3 nitrogen and oxygen atoms in total. The fraction of sp³-hybridized carbons (Fsp3) is 0.632. The number of aryl methyl sites for hydroxylation is 2. The van der Waals surface area contributed by atoms with Gasteiger partial charge in [0.25, 0.3) is 0 Å². The normalized spacial score (nSPS) is 14.2. The number of rotatable bonds is 7. The molecule has 0 amide bonds. The van der Waals surface area contributed by atoms with Crippen LogP contribution in [0, 0.1) is 0 Å². The first-order chi connectivity index (χ1) is 10.6. The van der Waals surface area contributed by atoms with E-state index >= 15 is 0 Å². The van der Waals surface area contributed by atoms with E-state index in [-0.39, 0.29) is 10.9 Å². The summed E-state index contributed by atoms with van der Waals surface area (Å²) in [7, 11) is 0. The smallest absolute Gasteiger partial charge is 0.144 e. The topological polar surface area (TPSA) is 44.7 Å². The summed E-state index contributed by atoms with van der Waals surface area (Å²) in [4.78, 5) is 0. The van der Waals surface area contributed by atoms with E-state index in [1.165, 1.54) is 11.1 Å². The number of hydrogen-bond donors (Lipinski definition) is 0. The largest absolute Gasteiger partial charge is 0.591 e. The molecule has 4 heteroatoms. The summed E-state index contributed by atoms with van der Waals surface area (Å²) in [5.41, 5.74) is 3.40. The van der Waals surface area contributed by atoms with Crippen LogP contribution in [-0.2, 0) is 24.2 Å². The minimum absolute atomic E-state index is 0.174. The fourth-order valence-corrected chi connectivity index (χ4v) is 2.71. The van der Waals surface area contributed by atoms with Crippen LogP contribution in [0.4, 0.5) is 0 Å². The molecule has 0 saturated carbocycles. The summed E-state index contributed by atoms with van der Waals surface area (Å²) in [6.07, 6.45) is 2.84. The van der Waals surface area contributed by atoms with Crippen LogP contribution in [0.15, 0.2) is 22.6 Å². The summed E-state index contributed by atoms with van der Waals surface area (Å²) in [5.74, 6) is 0.979. The molecule has 0 heterocycles. The molecule has 0 saturated heterocycles. The maximum absolute atomic E-state index is 12.0. The predicted molar refractivity (Wildman–Crippen MR) is 101 cm³/mol. The molecule has 0 spiro atoms. The van der Waals surface area contributed by atoms with Crippen molar-refractivity contribution in [2.45, 2.75) is 78.6 Å². The zero-order chi connectivity index (χ0) is 17.6. The van der Waals surface area contributed by atoms with Crippen molar-refractivity contribution < 1.29 is 9.29 Å². The zero-order valence-corrected chi connectivity index (χ0v) is 16.4. The van der Waals surface area contributed by atoms with E-state index in [4.69, 9.17) is 4.74 Å². The highest BCUT2D eigenvalue weighted by Gasteiger charge is 2.26.